The first-order valence-electron chi connectivity index (χ1n) is 18.9. The average molecular weight is 699 g/mol. The maximum Gasteiger partial charge on any atom is 0.143 e. The predicted octanol–water partition coefficient (Wildman–Crippen LogP) is 15.3. The molecule has 1 heteroatoms. The second-order valence-electron chi connectivity index (χ2n) is 14.4. The van der Waals surface area contributed by atoms with Crippen LogP contribution in [-0.4, -0.2) is 0 Å². The van der Waals surface area contributed by atoms with Crippen molar-refractivity contribution in [3.8, 4) is 67.0 Å². The van der Waals surface area contributed by atoms with Gasteiger partial charge in [-0.15, -0.1) is 0 Å². The number of rotatable bonds is 6. The van der Waals surface area contributed by atoms with Crippen LogP contribution in [0.5, 0.6) is 0 Å². The molecule has 0 amide bonds. The van der Waals surface area contributed by atoms with Crippen LogP contribution in [0.25, 0.3) is 110 Å². The Morgan fingerprint density at radius 2 is 0.745 bits per heavy atom. The molecule has 11 aromatic rings. The largest absolute Gasteiger partial charge is 0.455 e. The quantitative estimate of drug-likeness (QED) is 0.158. The molecule has 0 atom stereocenters. The van der Waals surface area contributed by atoms with E-state index in [2.05, 4.69) is 200 Å². The number of benzene rings is 10. The van der Waals surface area contributed by atoms with Crippen LogP contribution in [0.3, 0.4) is 0 Å². The lowest BCUT2D eigenvalue weighted by molar-refractivity contribution is 0.632. The van der Waals surface area contributed by atoms with E-state index in [0.717, 1.165) is 39.0 Å². The molecule has 1 heterocycles. The first-order chi connectivity index (χ1) is 27.3. The Balaban J connectivity index is 1.08. The highest BCUT2D eigenvalue weighted by Crippen LogP contribution is 2.47. The van der Waals surface area contributed by atoms with Crippen LogP contribution in [0.4, 0.5) is 0 Å². The Hall–Kier alpha value is -7.22. The van der Waals surface area contributed by atoms with Gasteiger partial charge in [0.2, 0.25) is 0 Å². The minimum atomic E-state index is 0.885. The van der Waals surface area contributed by atoms with Gasteiger partial charge in [0.1, 0.15) is 11.3 Å². The summed E-state index contributed by atoms with van der Waals surface area (Å²) in [4.78, 5) is 0. The van der Waals surface area contributed by atoms with E-state index in [1.807, 2.05) is 6.07 Å². The van der Waals surface area contributed by atoms with Gasteiger partial charge in [0.15, 0.2) is 0 Å². The van der Waals surface area contributed by atoms with E-state index >= 15 is 0 Å². The zero-order valence-corrected chi connectivity index (χ0v) is 30.0. The topological polar surface area (TPSA) is 13.1 Å². The summed E-state index contributed by atoms with van der Waals surface area (Å²) in [5.41, 5.74) is 14.0. The van der Waals surface area contributed by atoms with E-state index in [-0.39, 0.29) is 0 Å². The summed E-state index contributed by atoms with van der Waals surface area (Å²) in [6.45, 7) is 0. The van der Waals surface area contributed by atoms with Crippen molar-refractivity contribution in [3.63, 3.8) is 0 Å². The molecular formula is C54H34O. The molecule has 55 heavy (non-hydrogen) atoms. The lowest BCUT2D eigenvalue weighted by Crippen LogP contribution is -1.92. The van der Waals surface area contributed by atoms with Gasteiger partial charge in [-0.1, -0.05) is 188 Å². The third-order valence-corrected chi connectivity index (χ3v) is 11.3. The number of furan rings is 1. The van der Waals surface area contributed by atoms with Crippen molar-refractivity contribution in [2.75, 3.05) is 0 Å². The summed E-state index contributed by atoms with van der Waals surface area (Å²) in [6.07, 6.45) is 0. The van der Waals surface area contributed by atoms with Gasteiger partial charge in [0, 0.05) is 16.5 Å². The van der Waals surface area contributed by atoms with E-state index in [9.17, 15) is 0 Å². The van der Waals surface area contributed by atoms with Crippen LogP contribution >= 0.6 is 0 Å². The van der Waals surface area contributed by atoms with Gasteiger partial charge in [-0.05, 0) is 101 Å². The van der Waals surface area contributed by atoms with Crippen molar-refractivity contribution < 1.29 is 4.42 Å². The van der Waals surface area contributed by atoms with Gasteiger partial charge >= 0.3 is 0 Å². The van der Waals surface area contributed by atoms with Crippen molar-refractivity contribution in [1.82, 2.24) is 0 Å². The molecule has 1 nitrogen and oxygen atoms in total. The van der Waals surface area contributed by atoms with Crippen LogP contribution < -0.4 is 0 Å². The monoisotopic (exact) mass is 698 g/mol. The summed E-state index contributed by atoms with van der Waals surface area (Å²) in [6, 6.07) is 74.5. The number of hydrogen-bond donors (Lipinski definition) is 0. The third kappa shape index (κ3) is 5.16. The molecule has 0 saturated heterocycles. The minimum Gasteiger partial charge on any atom is -0.455 e. The average Bonchev–Trinajstić information content (AvgIpc) is 3.66. The fourth-order valence-electron chi connectivity index (χ4n) is 8.67. The number of hydrogen-bond acceptors (Lipinski definition) is 1. The van der Waals surface area contributed by atoms with Crippen molar-refractivity contribution in [2.24, 2.45) is 0 Å². The first-order valence-corrected chi connectivity index (χ1v) is 18.9. The molecule has 0 saturated carbocycles. The molecule has 0 unspecified atom stereocenters. The Morgan fingerprint density at radius 1 is 0.273 bits per heavy atom. The highest BCUT2D eigenvalue weighted by molar-refractivity contribution is 6.30. The highest BCUT2D eigenvalue weighted by Gasteiger charge is 2.20. The van der Waals surface area contributed by atoms with Crippen molar-refractivity contribution in [1.29, 1.82) is 0 Å². The Kier molecular flexibility index (Phi) is 7.25. The molecule has 0 N–H and O–H groups in total. The standard InChI is InChI=1S/C54H34O/c1-5-13-36(14-6-1)43-28-25-40-26-29-45-47(37-15-7-2-8-16-37)34-48(46-31-30-44(43)51(40)53(45)46)38-23-21-35(22-24-38)42-27-32-50-49(33-42)52(39-17-9-3-10-18-39)54(55-50)41-19-11-4-12-20-41/h1-34H. The third-order valence-electron chi connectivity index (χ3n) is 11.3. The van der Waals surface area contributed by atoms with Crippen LogP contribution in [0.2, 0.25) is 0 Å². The molecule has 10 aromatic carbocycles. The van der Waals surface area contributed by atoms with E-state index in [1.54, 1.807) is 0 Å². The van der Waals surface area contributed by atoms with Gasteiger partial charge in [-0.3, -0.25) is 0 Å². The molecule has 0 bridgehead atoms. The molecule has 256 valence electrons. The second-order valence-corrected chi connectivity index (χ2v) is 14.4. The Bertz CT molecular complexity index is 3140. The van der Waals surface area contributed by atoms with Gasteiger partial charge in [-0.25, -0.2) is 0 Å². The van der Waals surface area contributed by atoms with Crippen LogP contribution in [0.1, 0.15) is 0 Å². The Labute approximate surface area is 319 Å². The zero-order chi connectivity index (χ0) is 36.3. The minimum absolute atomic E-state index is 0.885. The first kappa shape index (κ1) is 31.3. The van der Waals surface area contributed by atoms with E-state index in [0.29, 0.717) is 0 Å². The van der Waals surface area contributed by atoms with E-state index in [1.165, 1.54) is 71.3 Å². The molecule has 1 aromatic heterocycles. The summed E-state index contributed by atoms with van der Waals surface area (Å²) in [7, 11) is 0. The predicted molar refractivity (Wildman–Crippen MR) is 233 cm³/mol. The SMILES string of the molecule is c1ccc(-c2oc3ccc(-c4ccc(-c5cc(-c6ccccc6)c6ccc7ccc(-c8ccccc8)c8ccc5c6c78)cc4)cc3c2-c2ccccc2)cc1. The van der Waals surface area contributed by atoms with Crippen LogP contribution in [0, 0.1) is 0 Å². The van der Waals surface area contributed by atoms with Crippen LogP contribution in [0.15, 0.2) is 211 Å². The van der Waals surface area contributed by atoms with Gasteiger partial charge in [0.05, 0.1) is 0 Å². The molecule has 0 spiro atoms. The van der Waals surface area contributed by atoms with Crippen molar-refractivity contribution >= 4 is 43.3 Å². The normalized spacial score (nSPS) is 11.6. The molecule has 0 fully saturated rings. The summed E-state index contributed by atoms with van der Waals surface area (Å²) < 4.78 is 6.58. The lowest BCUT2D eigenvalue weighted by atomic mass is 9.84. The fourth-order valence-corrected chi connectivity index (χ4v) is 8.67. The molecule has 0 radical (unpaired) electrons. The molecule has 11 rings (SSSR count). The maximum atomic E-state index is 6.58. The maximum absolute atomic E-state index is 6.58. The van der Waals surface area contributed by atoms with Gasteiger partial charge in [0.25, 0.3) is 0 Å². The summed E-state index contributed by atoms with van der Waals surface area (Å²) >= 11 is 0. The smallest absolute Gasteiger partial charge is 0.143 e. The highest BCUT2D eigenvalue weighted by atomic mass is 16.3. The second kappa shape index (κ2) is 12.7. The van der Waals surface area contributed by atoms with E-state index in [4.69, 9.17) is 4.42 Å². The number of fused-ring (bicyclic) bond motifs is 1. The summed E-state index contributed by atoms with van der Waals surface area (Å²) in [5, 5.41) is 8.85. The van der Waals surface area contributed by atoms with Crippen molar-refractivity contribution in [2.45, 2.75) is 0 Å². The van der Waals surface area contributed by atoms with Gasteiger partial charge in [-0.2, -0.15) is 0 Å². The molecule has 0 aliphatic carbocycles. The molecule has 0 aliphatic heterocycles. The van der Waals surface area contributed by atoms with E-state index < -0.39 is 0 Å². The molecule has 0 aliphatic rings. The molecular weight excluding hydrogens is 665 g/mol. The fraction of sp³-hybridized carbons (Fsp3) is 0. The summed E-state index contributed by atoms with van der Waals surface area (Å²) in [5.74, 6) is 0.897. The van der Waals surface area contributed by atoms with Crippen LogP contribution in [-0.2, 0) is 0 Å². The van der Waals surface area contributed by atoms with Crippen molar-refractivity contribution in [3.05, 3.63) is 206 Å². The zero-order valence-electron chi connectivity index (χ0n) is 30.0. The Morgan fingerprint density at radius 3 is 1.38 bits per heavy atom. The lowest BCUT2D eigenvalue weighted by Gasteiger charge is -2.19. The van der Waals surface area contributed by atoms with Gasteiger partial charge < -0.3 is 4.42 Å².